The largest absolute Gasteiger partial charge is 0.321 e. The second kappa shape index (κ2) is 6.45. The van der Waals surface area contributed by atoms with Crippen molar-refractivity contribution in [1.82, 2.24) is 0 Å². The third-order valence-electron chi connectivity index (χ3n) is 4.86. The lowest BCUT2D eigenvalue weighted by Gasteiger charge is -2.27. The molecule has 3 unspecified atom stereocenters. The summed E-state index contributed by atoms with van der Waals surface area (Å²) < 4.78 is 0. The van der Waals surface area contributed by atoms with E-state index in [1.54, 1.807) is 0 Å². The van der Waals surface area contributed by atoms with E-state index in [0.717, 1.165) is 19.3 Å². The van der Waals surface area contributed by atoms with Crippen LogP contribution in [0.15, 0.2) is 54.6 Å². The summed E-state index contributed by atoms with van der Waals surface area (Å²) in [4.78, 5) is 13.0. The Labute approximate surface area is 132 Å². The van der Waals surface area contributed by atoms with Crippen LogP contribution >= 0.6 is 0 Å². The van der Waals surface area contributed by atoms with Gasteiger partial charge in [-0.2, -0.15) is 0 Å². The van der Waals surface area contributed by atoms with E-state index in [1.165, 1.54) is 16.7 Å². The summed E-state index contributed by atoms with van der Waals surface area (Å²) in [5.41, 5.74) is 9.86. The Hall–Kier alpha value is -1.93. The van der Waals surface area contributed by atoms with E-state index in [-0.39, 0.29) is 23.7 Å². The van der Waals surface area contributed by atoms with Crippen molar-refractivity contribution in [2.24, 2.45) is 5.73 Å². The maximum atomic E-state index is 13.0. The molecule has 0 saturated carbocycles. The first-order valence-electron chi connectivity index (χ1n) is 8.14. The molecular weight excluding hydrogens is 270 g/mol. The summed E-state index contributed by atoms with van der Waals surface area (Å²) in [5, 5.41) is 0. The van der Waals surface area contributed by atoms with Gasteiger partial charge in [0, 0.05) is 0 Å². The minimum absolute atomic E-state index is 0.124. The number of aryl methyl sites for hydroxylation is 1. The topological polar surface area (TPSA) is 43.1 Å². The number of hydrogen-bond acceptors (Lipinski definition) is 2. The van der Waals surface area contributed by atoms with Gasteiger partial charge in [-0.25, -0.2) is 0 Å². The zero-order valence-electron chi connectivity index (χ0n) is 13.0. The van der Waals surface area contributed by atoms with Crippen molar-refractivity contribution in [2.45, 2.75) is 44.1 Å². The fourth-order valence-electron chi connectivity index (χ4n) is 3.68. The van der Waals surface area contributed by atoms with Crippen LogP contribution in [0.1, 0.15) is 48.3 Å². The Morgan fingerprint density at radius 1 is 1.09 bits per heavy atom. The lowest BCUT2D eigenvalue weighted by molar-refractivity contribution is -0.122. The Morgan fingerprint density at radius 3 is 2.50 bits per heavy atom. The van der Waals surface area contributed by atoms with E-state index in [2.05, 4.69) is 37.3 Å². The number of benzene rings is 2. The van der Waals surface area contributed by atoms with Gasteiger partial charge in [0.1, 0.15) is 0 Å². The van der Waals surface area contributed by atoms with E-state index < -0.39 is 0 Å². The lowest BCUT2D eigenvalue weighted by Crippen LogP contribution is -2.35. The SMILES string of the molecule is CCC(c1ccccc1)C1C(=O)C(N)CCc2ccccc21. The summed E-state index contributed by atoms with van der Waals surface area (Å²) in [6.07, 6.45) is 2.57. The van der Waals surface area contributed by atoms with Crippen LogP contribution < -0.4 is 5.73 Å². The highest BCUT2D eigenvalue weighted by Crippen LogP contribution is 2.40. The highest BCUT2D eigenvalue weighted by atomic mass is 16.1. The molecule has 0 bridgehead atoms. The van der Waals surface area contributed by atoms with Gasteiger partial charge in [0.2, 0.25) is 0 Å². The molecule has 0 aromatic heterocycles. The number of nitrogens with two attached hydrogens (primary N) is 1. The quantitative estimate of drug-likeness (QED) is 0.875. The fraction of sp³-hybridized carbons (Fsp3) is 0.350. The maximum Gasteiger partial charge on any atom is 0.157 e. The highest BCUT2D eigenvalue weighted by Gasteiger charge is 2.36. The molecule has 2 N–H and O–H groups in total. The van der Waals surface area contributed by atoms with Crippen molar-refractivity contribution in [3.63, 3.8) is 0 Å². The van der Waals surface area contributed by atoms with E-state index in [4.69, 9.17) is 5.73 Å². The summed E-state index contributed by atoms with van der Waals surface area (Å²) in [6, 6.07) is 18.4. The number of hydrogen-bond donors (Lipinski definition) is 1. The molecule has 1 aliphatic rings. The molecule has 0 radical (unpaired) electrons. The molecule has 0 heterocycles. The first-order chi connectivity index (χ1) is 10.7. The zero-order valence-corrected chi connectivity index (χ0v) is 13.0. The predicted octanol–water partition coefficient (Wildman–Crippen LogP) is 3.81. The molecule has 0 amide bonds. The van der Waals surface area contributed by atoms with Crippen molar-refractivity contribution in [3.8, 4) is 0 Å². The Morgan fingerprint density at radius 2 is 1.77 bits per heavy atom. The van der Waals surface area contributed by atoms with Crippen LogP contribution in [-0.2, 0) is 11.2 Å². The van der Waals surface area contributed by atoms with Gasteiger partial charge < -0.3 is 5.73 Å². The van der Waals surface area contributed by atoms with Crippen molar-refractivity contribution >= 4 is 5.78 Å². The highest BCUT2D eigenvalue weighted by molar-refractivity contribution is 5.92. The van der Waals surface area contributed by atoms with Crippen LogP contribution in [0.25, 0.3) is 0 Å². The molecule has 0 aliphatic heterocycles. The third-order valence-corrected chi connectivity index (χ3v) is 4.86. The minimum atomic E-state index is -0.352. The molecule has 3 rings (SSSR count). The van der Waals surface area contributed by atoms with Crippen molar-refractivity contribution in [1.29, 1.82) is 0 Å². The molecule has 1 aliphatic carbocycles. The predicted molar refractivity (Wildman–Crippen MR) is 90.0 cm³/mol. The van der Waals surface area contributed by atoms with E-state index in [0.29, 0.717) is 0 Å². The van der Waals surface area contributed by atoms with Crippen LogP contribution in [0, 0.1) is 0 Å². The van der Waals surface area contributed by atoms with Gasteiger partial charge >= 0.3 is 0 Å². The summed E-state index contributed by atoms with van der Waals surface area (Å²) >= 11 is 0. The molecule has 22 heavy (non-hydrogen) atoms. The fourth-order valence-corrected chi connectivity index (χ4v) is 3.68. The van der Waals surface area contributed by atoms with Crippen LogP contribution in [0.3, 0.4) is 0 Å². The van der Waals surface area contributed by atoms with Crippen molar-refractivity contribution in [2.75, 3.05) is 0 Å². The van der Waals surface area contributed by atoms with E-state index in [1.807, 2.05) is 24.3 Å². The van der Waals surface area contributed by atoms with Crippen molar-refractivity contribution < 1.29 is 4.79 Å². The molecule has 2 aromatic carbocycles. The van der Waals surface area contributed by atoms with Gasteiger partial charge in [0.05, 0.1) is 12.0 Å². The third kappa shape index (κ3) is 2.71. The standard InChI is InChI=1S/C20H23NO/c1-2-16(14-8-4-3-5-9-14)19-17-11-7-6-10-15(17)12-13-18(21)20(19)22/h3-11,16,18-19H,2,12-13,21H2,1H3. The van der Waals surface area contributed by atoms with Gasteiger partial charge in [-0.3, -0.25) is 4.79 Å². The van der Waals surface area contributed by atoms with Gasteiger partial charge in [0.25, 0.3) is 0 Å². The average Bonchev–Trinajstić information content (AvgIpc) is 2.69. The molecular formula is C20H23NO. The minimum Gasteiger partial charge on any atom is -0.321 e. The number of ketones is 1. The molecule has 2 heteroatoms. The summed E-state index contributed by atoms with van der Waals surface area (Å²) in [6.45, 7) is 2.16. The van der Waals surface area contributed by atoms with Gasteiger partial charge in [0.15, 0.2) is 5.78 Å². The first-order valence-corrected chi connectivity index (χ1v) is 8.14. The lowest BCUT2D eigenvalue weighted by atomic mass is 9.76. The smallest absolute Gasteiger partial charge is 0.157 e. The number of carbonyl (C=O) groups excluding carboxylic acids is 1. The Kier molecular flexibility index (Phi) is 4.39. The van der Waals surface area contributed by atoms with Gasteiger partial charge in [-0.05, 0) is 41.9 Å². The zero-order chi connectivity index (χ0) is 15.5. The molecule has 114 valence electrons. The van der Waals surface area contributed by atoms with Crippen molar-refractivity contribution in [3.05, 3.63) is 71.3 Å². The van der Waals surface area contributed by atoms with Crippen LogP contribution in [0.5, 0.6) is 0 Å². The van der Waals surface area contributed by atoms with Gasteiger partial charge in [-0.1, -0.05) is 61.5 Å². The summed E-state index contributed by atoms with van der Waals surface area (Å²) in [5.74, 6) is 0.265. The Balaban J connectivity index is 2.10. The molecule has 0 saturated heterocycles. The van der Waals surface area contributed by atoms with E-state index in [9.17, 15) is 4.79 Å². The van der Waals surface area contributed by atoms with Gasteiger partial charge in [-0.15, -0.1) is 0 Å². The maximum absolute atomic E-state index is 13.0. The van der Waals surface area contributed by atoms with Crippen LogP contribution in [0.4, 0.5) is 0 Å². The second-order valence-electron chi connectivity index (χ2n) is 6.15. The van der Waals surface area contributed by atoms with Crippen LogP contribution in [0.2, 0.25) is 0 Å². The number of carbonyl (C=O) groups is 1. The Bertz CT molecular complexity index is 650. The monoisotopic (exact) mass is 293 g/mol. The van der Waals surface area contributed by atoms with Crippen LogP contribution in [-0.4, -0.2) is 11.8 Å². The number of rotatable bonds is 3. The second-order valence-corrected chi connectivity index (χ2v) is 6.15. The molecule has 3 atom stereocenters. The molecule has 2 nitrogen and oxygen atoms in total. The average molecular weight is 293 g/mol. The normalized spacial score (nSPS) is 22.7. The first kappa shape index (κ1) is 15.0. The van der Waals surface area contributed by atoms with E-state index >= 15 is 0 Å². The molecule has 0 spiro atoms. The number of Topliss-reactive ketones (excluding diaryl/α,β-unsaturated/α-hetero) is 1. The molecule has 2 aromatic rings. The molecule has 0 fully saturated rings. The summed E-state index contributed by atoms with van der Waals surface area (Å²) in [7, 11) is 0. The number of fused-ring (bicyclic) bond motifs is 1.